The molecule has 0 unspecified atom stereocenters. The lowest BCUT2D eigenvalue weighted by Crippen LogP contribution is -1.94. The molecule has 0 aliphatic carbocycles. The average molecular weight is 703 g/mol. The Kier molecular flexibility index (Phi) is 4.73. The molecule has 2 heterocycles. The molecular weight excluding hydrogens is 677 g/mol. The van der Waals surface area contributed by atoms with Crippen LogP contribution in [0, 0.1) is 0 Å². The molecule has 0 saturated carbocycles. The Balaban J connectivity index is 0.000000109. The van der Waals surface area contributed by atoms with Crippen LogP contribution in [0.1, 0.15) is 0 Å². The van der Waals surface area contributed by atoms with Gasteiger partial charge in [0.1, 0.15) is 0 Å². The fourth-order valence-corrected chi connectivity index (χ4v) is 11.2. The Labute approximate surface area is 317 Å². The predicted molar refractivity (Wildman–Crippen MR) is 241 cm³/mol. The van der Waals surface area contributed by atoms with E-state index in [1.165, 1.54) is 140 Å². The Morgan fingerprint density at radius 3 is 0.821 bits per heavy atom. The predicted octanol–water partition coefficient (Wildman–Crippen LogP) is 14.9. The van der Waals surface area contributed by atoms with E-state index in [-0.39, 0.29) is 0 Å². The zero-order valence-corrected chi connectivity index (χ0v) is 29.9. The molecule has 2 heteroatoms. The monoisotopic (exact) mass is 702 g/mol. The third-order valence-corrected chi connectivity index (χ3v) is 13.4. The summed E-state index contributed by atoms with van der Waals surface area (Å²) in [6.45, 7) is 0. The van der Waals surface area contributed by atoms with Gasteiger partial charge in [0, 0.05) is 66.3 Å². The van der Waals surface area contributed by atoms with E-state index in [2.05, 4.69) is 158 Å². The molecule has 0 saturated heterocycles. The van der Waals surface area contributed by atoms with E-state index in [1.54, 1.807) is 0 Å². The first-order valence-corrected chi connectivity index (χ1v) is 19.5. The Hall–Kier alpha value is -7.42. The van der Waals surface area contributed by atoms with Crippen LogP contribution in [0.4, 0.5) is 0 Å². The lowest BCUT2D eigenvalue weighted by molar-refractivity contribution is 1.47. The number of aromatic nitrogens is 2. The molecule has 16 aromatic rings. The quantitative estimate of drug-likeness (QED) is 0.116. The van der Waals surface area contributed by atoms with Crippen LogP contribution in [-0.4, -0.2) is 9.97 Å². The zero-order chi connectivity index (χ0) is 36.0. The van der Waals surface area contributed by atoms with Crippen molar-refractivity contribution in [1.82, 2.24) is 9.97 Å². The summed E-state index contributed by atoms with van der Waals surface area (Å²) >= 11 is 0. The summed E-state index contributed by atoms with van der Waals surface area (Å²) in [5.41, 5.74) is 2.25. The molecule has 2 nitrogen and oxygen atoms in total. The summed E-state index contributed by atoms with van der Waals surface area (Å²) in [7, 11) is 0. The molecule has 56 heavy (non-hydrogen) atoms. The summed E-state index contributed by atoms with van der Waals surface area (Å²) in [6, 6.07) is 53.7. The van der Waals surface area contributed by atoms with Crippen molar-refractivity contribution in [2.24, 2.45) is 0 Å². The SMILES string of the molecule is c1ccc2c(c1)c1ccc3ccc4ccc5ccc6cnc2c2c6c5c4c3c12.c1ccc2c(c1)c1ccc3ccc4ccc5ccc6cnc2c2c6c5c4c3c12. The van der Waals surface area contributed by atoms with Gasteiger partial charge in [-0.1, -0.05) is 146 Å². The van der Waals surface area contributed by atoms with Gasteiger partial charge in [0.05, 0.1) is 11.0 Å². The van der Waals surface area contributed by atoms with Crippen LogP contribution in [0.2, 0.25) is 0 Å². The summed E-state index contributed by atoms with van der Waals surface area (Å²) < 4.78 is 0. The second-order valence-electron chi connectivity index (χ2n) is 15.9. The highest BCUT2D eigenvalue weighted by Gasteiger charge is 2.24. The van der Waals surface area contributed by atoms with Crippen molar-refractivity contribution in [3.63, 3.8) is 0 Å². The first-order valence-electron chi connectivity index (χ1n) is 19.5. The third-order valence-electron chi connectivity index (χ3n) is 13.4. The minimum atomic E-state index is 1.13. The molecule has 0 fully saturated rings. The van der Waals surface area contributed by atoms with E-state index in [4.69, 9.17) is 9.97 Å². The fourth-order valence-electron chi connectivity index (χ4n) is 11.2. The Morgan fingerprint density at radius 1 is 0.196 bits per heavy atom. The molecular formula is C54H26N2. The minimum absolute atomic E-state index is 1.13. The summed E-state index contributed by atoms with van der Waals surface area (Å²) in [4.78, 5) is 9.94. The van der Waals surface area contributed by atoms with Crippen LogP contribution in [0.3, 0.4) is 0 Å². The highest BCUT2D eigenvalue weighted by Crippen LogP contribution is 2.51. The van der Waals surface area contributed by atoms with Crippen molar-refractivity contribution < 1.29 is 0 Å². The van der Waals surface area contributed by atoms with Gasteiger partial charge in [0.15, 0.2) is 0 Å². The summed E-state index contributed by atoms with van der Waals surface area (Å²) in [6.07, 6.45) is 4.12. The summed E-state index contributed by atoms with van der Waals surface area (Å²) in [5.74, 6) is 0. The van der Waals surface area contributed by atoms with E-state index in [1.807, 2.05) is 0 Å². The van der Waals surface area contributed by atoms with Crippen LogP contribution < -0.4 is 0 Å². The topological polar surface area (TPSA) is 25.8 Å². The van der Waals surface area contributed by atoms with Crippen LogP contribution in [0.25, 0.3) is 151 Å². The standard InChI is InChI=1S/2C27H13N/c2*1-2-4-20-18(3-1)19-12-11-16-8-7-14-5-6-15-9-10-17-13-28-27(20)26-24(17)22(15)21(14)23(16)25(19)26/h2*1-13H. The molecule has 0 aliphatic heterocycles. The number of rotatable bonds is 0. The maximum Gasteiger partial charge on any atom is 0.0793 e. The molecule has 0 aliphatic rings. The van der Waals surface area contributed by atoms with Gasteiger partial charge in [-0.05, 0) is 86.2 Å². The van der Waals surface area contributed by atoms with Gasteiger partial charge in [-0.15, -0.1) is 0 Å². The van der Waals surface area contributed by atoms with Gasteiger partial charge in [-0.3, -0.25) is 9.97 Å². The van der Waals surface area contributed by atoms with Crippen molar-refractivity contribution >= 4 is 151 Å². The van der Waals surface area contributed by atoms with Gasteiger partial charge in [0.25, 0.3) is 0 Å². The molecule has 16 rings (SSSR count). The van der Waals surface area contributed by atoms with Crippen LogP contribution in [-0.2, 0) is 0 Å². The molecule has 14 aromatic carbocycles. The number of hydrogen-bond acceptors (Lipinski definition) is 2. The van der Waals surface area contributed by atoms with E-state index in [0.29, 0.717) is 0 Å². The minimum Gasteiger partial charge on any atom is -0.255 e. The highest BCUT2D eigenvalue weighted by molar-refractivity contribution is 6.49. The van der Waals surface area contributed by atoms with Gasteiger partial charge in [0.2, 0.25) is 0 Å². The molecule has 2 aromatic heterocycles. The van der Waals surface area contributed by atoms with Gasteiger partial charge < -0.3 is 0 Å². The largest absolute Gasteiger partial charge is 0.255 e. The Bertz CT molecular complexity index is 3700. The second-order valence-corrected chi connectivity index (χ2v) is 15.9. The maximum absolute atomic E-state index is 4.97. The average Bonchev–Trinajstić information content (AvgIpc) is 3.27. The first kappa shape index (κ1) is 28.1. The van der Waals surface area contributed by atoms with Gasteiger partial charge in [-0.25, -0.2) is 0 Å². The Morgan fingerprint density at radius 2 is 0.464 bits per heavy atom. The number of nitrogens with zero attached hydrogens (tertiary/aromatic N) is 2. The smallest absolute Gasteiger partial charge is 0.0793 e. The van der Waals surface area contributed by atoms with Crippen LogP contribution in [0.15, 0.2) is 158 Å². The van der Waals surface area contributed by atoms with E-state index in [0.717, 1.165) is 11.0 Å². The third kappa shape index (κ3) is 3.10. The van der Waals surface area contributed by atoms with Crippen molar-refractivity contribution in [3.8, 4) is 0 Å². The molecule has 0 amide bonds. The van der Waals surface area contributed by atoms with Crippen LogP contribution >= 0.6 is 0 Å². The van der Waals surface area contributed by atoms with E-state index < -0.39 is 0 Å². The molecule has 0 N–H and O–H groups in total. The molecule has 0 spiro atoms. The second kappa shape index (κ2) is 9.44. The van der Waals surface area contributed by atoms with E-state index >= 15 is 0 Å². The summed E-state index contributed by atoms with van der Waals surface area (Å²) in [5, 5.41) is 34.6. The molecule has 252 valence electrons. The fraction of sp³-hybridized carbons (Fsp3) is 0. The van der Waals surface area contributed by atoms with E-state index in [9.17, 15) is 0 Å². The van der Waals surface area contributed by atoms with Gasteiger partial charge >= 0.3 is 0 Å². The van der Waals surface area contributed by atoms with Crippen molar-refractivity contribution in [2.45, 2.75) is 0 Å². The maximum atomic E-state index is 4.97. The number of pyridine rings is 2. The van der Waals surface area contributed by atoms with Crippen molar-refractivity contribution in [1.29, 1.82) is 0 Å². The first-order chi connectivity index (χ1) is 27.8. The lowest BCUT2D eigenvalue weighted by Gasteiger charge is -2.21. The van der Waals surface area contributed by atoms with Crippen molar-refractivity contribution in [3.05, 3.63) is 158 Å². The normalized spacial score (nSPS) is 13.0. The number of benzene rings is 14. The zero-order valence-electron chi connectivity index (χ0n) is 29.9. The molecule has 0 atom stereocenters. The van der Waals surface area contributed by atoms with Gasteiger partial charge in [-0.2, -0.15) is 0 Å². The lowest BCUT2D eigenvalue weighted by atomic mass is 9.82. The van der Waals surface area contributed by atoms with Crippen molar-refractivity contribution in [2.75, 3.05) is 0 Å². The van der Waals surface area contributed by atoms with Crippen LogP contribution in [0.5, 0.6) is 0 Å². The highest BCUT2D eigenvalue weighted by atomic mass is 14.7. The number of fused-ring (bicyclic) bond motifs is 6. The number of hydrogen-bond donors (Lipinski definition) is 0. The molecule has 0 bridgehead atoms. The molecule has 0 radical (unpaired) electrons.